The van der Waals surface area contributed by atoms with E-state index in [-0.39, 0.29) is 11.1 Å². The van der Waals surface area contributed by atoms with Crippen LogP contribution < -0.4 is 0 Å². The van der Waals surface area contributed by atoms with Crippen LogP contribution in [0.3, 0.4) is 0 Å². The molecule has 0 amide bonds. The van der Waals surface area contributed by atoms with Crippen LogP contribution in [-0.2, 0) is 29.0 Å². The summed E-state index contributed by atoms with van der Waals surface area (Å²) in [6.45, 7) is 9.10. The summed E-state index contributed by atoms with van der Waals surface area (Å²) in [6, 6.07) is 13.2. The Labute approximate surface area is 186 Å². The van der Waals surface area contributed by atoms with Crippen LogP contribution in [0.25, 0.3) is 0 Å². The Balaban J connectivity index is 1.81. The second-order valence-corrected chi connectivity index (χ2v) is 7.89. The van der Waals surface area contributed by atoms with Crippen molar-refractivity contribution >= 4 is 18.1 Å². The molecule has 0 aliphatic rings. The van der Waals surface area contributed by atoms with Gasteiger partial charge in [-0.2, -0.15) is 0 Å². The summed E-state index contributed by atoms with van der Waals surface area (Å²) in [7, 11) is 0. The molecule has 2 aromatic rings. The topological polar surface area (TPSA) is 107 Å². The number of carbonyl (C=O) groups excluding carboxylic acids is 3. The van der Waals surface area contributed by atoms with Gasteiger partial charge in [0.05, 0.1) is 11.1 Å². The summed E-state index contributed by atoms with van der Waals surface area (Å²) in [6.07, 6.45) is -1.21. The lowest BCUT2D eigenvalue weighted by atomic mass is 10.2. The summed E-state index contributed by atoms with van der Waals surface area (Å²) in [5.74, 6) is -4.87. The maximum atomic E-state index is 12.1. The van der Waals surface area contributed by atoms with E-state index >= 15 is 0 Å². The maximum Gasteiger partial charge on any atom is 0.513 e. The van der Waals surface area contributed by atoms with Crippen molar-refractivity contribution in [2.24, 2.45) is 0 Å². The first kappa shape index (κ1) is 24.8. The minimum atomic E-state index is -1.67. The van der Waals surface area contributed by atoms with Gasteiger partial charge in [0.2, 0.25) is 0 Å². The molecule has 32 heavy (non-hydrogen) atoms. The van der Waals surface area contributed by atoms with Crippen molar-refractivity contribution in [2.75, 3.05) is 0 Å². The molecule has 0 fully saturated rings. The Morgan fingerprint density at radius 2 is 0.906 bits per heavy atom. The van der Waals surface area contributed by atoms with Gasteiger partial charge in [-0.05, 0) is 38.1 Å². The largest absolute Gasteiger partial charge is 0.513 e. The predicted molar refractivity (Wildman–Crippen MR) is 111 cm³/mol. The Morgan fingerprint density at radius 1 is 0.594 bits per heavy atom. The average Bonchev–Trinajstić information content (AvgIpc) is 2.70. The van der Waals surface area contributed by atoms with Gasteiger partial charge in [0.15, 0.2) is 0 Å². The quantitative estimate of drug-likeness (QED) is 0.244. The summed E-state index contributed by atoms with van der Waals surface area (Å²) >= 11 is 0. The van der Waals surface area contributed by atoms with Gasteiger partial charge in [0.1, 0.15) is 0 Å². The molecule has 0 N–H and O–H groups in total. The van der Waals surface area contributed by atoms with Gasteiger partial charge in [-0.1, -0.05) is 35.4 Å². The molecule has 2 aromatic carbocycles. The van der Waals surface area contributed by atoms with Gasteiger partial charge < -0.3 is 9.47 Å². The first-order valence-electron chi connectivity index (χ1n) is 9.72. The van der Waals surface area contributed by atoms with Gasteiger partial charge in [-0.15, -0.1) is 9.78 Å². The summed E-state index contributed by atoms with van der Waals surface area (Å²) in [5.41, 5.74) is 2.48. The lowest BCUT2D eigenvalue weighted by Gasteiger charge is -2.26. The normalized spacial score (nSPS) is 11.4. The number of carbonyl (C=O) groups is 3. The van der Waals surface area contributed by atoms with E-state index in [1.54, 1.807) is 48.5 Å². The lowest BCUT2D eigenvalue weighted by molar-refractivity contribution is -0.391. The highest BCUT2D eigenvalue weighted by Gasteiger charge is 2.34. The standard InChI is InChI=1S/C23H26O9/c1-15-7-11-17(12-8-15)19(24)29-31-22(3,4)27-21(26)28-23(5,6)32-30-20(25)18-13-9-16(2)10-14-18/h7-14H,1-6H3. The minimum absolute atomic E-state index is 0.263. The third-order valence-electron chi connectivity index (χ3n) is 3.87. The fraction of sp³-hybridized carbons (Fsp3) is 0.348. The van der Waals surface area contributed by atoms with Crippen molar-refractivity contribution < 1.29 is 43.4 Å². The van der Waals surface area contributed by atoms with E-state index in [0.29, 0.717) is 0 Å². The molecule has 0 heterocycles. The van der Waals surface area contributed by atoms with E-state index in [1.165, 1.54) is 27.7 Å². The van der Waals surface area contributed by atoms with E-state index in [4.69, 9.17) is 29.0 Å². The zero-order valence-electron chi connectivity index (χ0n) is 18.8. The molecule has 172 valence electrons. The molecule has 0 bridgehead atoms. The number of benzene rings is 2. The van der Waals surface area contributed by atoms with Crippen molar-refractivity contribution in [1.82, 2.24) is 0 Å². The highest BCUT2D eigenvalue weighted by atomic mass is 17.3. The van der Waals surface area contributed by atoms with E-state index in [0.717, 1.165) is 11.1 Å². The van der Waals surface area contributed by atoms with Crippen LogP contribution in [0.15, 0.2) is 48.5 Å². The zero-order chi connectivity index (χ0) is 23.9. The van der Waals surface area contributed by atoms with Crippen LogP contribution in [-0.4, -0.2) is 29.7 Å². The fourth-order valence-electron chi connectivity index (χ4n) is 2.21. The Kier molecular flexibility index (Phi) is 7.96. The molecule has 0 aliphatic heterocycles. The van der Waals surface area contributed by atoms with Gasteiger partial charge in [0, 0.05) is 27.7 Å². The molecule has 9 heteroatoms. The van der Waals surface area contributed by atoms with Crippen molar-refractivity contribution in [2.45, 2.75) is 53.1 Å². The van der Waals surface area contributed by atoms with E-state index < -0.39 is 29.7 Å². The Bertz CT molecular complexity index is 867. The molecule has 0 aromatic heterocycles. The van der Waals surface area contributed by atoms with Crippen molar-refractivity contribution in [3.63, 3.8) is 0 Å². The molecule has 0 saturated carbocycles. The first-order chi connectivity index (χ1) is 14.9. The molecule has 0 atom stereocenters. The number of ether oxygens (including phenoxy) is 2. The number of hydrogen-bond donors (Lipinski definition) is 0. The third-order valence-corrected chi connectivity index (χ3v) is 3.87. The number of aryl methyl sites for hydroxylation is 2. The number of rotatable bonds is 8. The molecule has 2 rings (SSSR count). The summed E-state index contributed by atoms with van der Waals surface area (Å²) in [5, 5.41) is 0. The monoisotopic (exact) mass is 446 g/mol. The minimum Gasteiger partial charge on any atom is -0.398 e. The van der Waals surface area contributed by atoms with Crippen LogP contribution >= 0.6 is 0 Å². The van der Waals surface area contributed by atoms with E-state index in [2.05, 4.69) is 0 Å². The highest BCUT2D eigenvalue weighted by Crippen LogP contribution is 2.19. The third kappa shape index (κ3) is 8.01. The Morgan fingerprint density at radius 3 is 1.22 bits per heavy atom. The average molecular weight is 446 g/mol. The molecule has 0 saturated heterocycles. The van der Waals surface area contributed by atoms with Gasteiger partial charge in [-0.3, -0.25) is 9.78 Å². The predicted octanol–water partition coefficient (Wildman–Crippen LogP) is 4.81. The highest BCUT2D eigenvalue weighted by molar-refractivity contribution is 5.89. The first-order valence-corrected chi connectivity index (χ1v) is 9.72. The SMILES string of the molecule is Cc1ccc(C(=O)OOC(C)(C)OC(=O)OC(C)(C)OOC(=O)c2ccc(C)cc2)cc1. The molecule has 0 radical (unpaired) electrons. The van der Waals surface area contributed by atoms with Crippen LogP contribution in [0.4, 0.5) is 4.79 Å². The van der Waals surface area contributed by atoms with Gasteiger partial charge in [-0.25, -0.2) is 14.4 Å². The summed E-state index contributed by atoms with van der Waals surface area (Å²) in [4.78, 5) is 55.4. The molecule has 0 aliphatic carbocycles. The maximum absolute atomic E-state index is 12.1. The molecular formula is C23H26O9. The Hall–Kier alpha value is -3.43. The van der Waals surface area contributed by atoms with Crippen LogP contribution in [0, 0.1) is 13.8 Å². The van der Waals surface area contributed by atoms with E-state index in [1.807, 2.05) is 13.8 Å². The second kappa shape index (κ2) is 10.3. The second-order valence-electron chi connectivity index (χ2n) is 7.89. The van der Waals surface area contributed by atoms with Crippen LogP contribution in [0.5, 0.6) is 0 Å². The molecule has 0 unspecified atom stereocenters. The summed E-state index contributed by atoms with van der Waals surface area (Å²) < 4.78 is 10.0. The van der Waals surface area contributed by atoms with Gasteiger partial charge in [0.25, 0.3) is 11.6 Å². The van der Waals surface area contributed by atoms with Crippen molar-refractivity contribution in [3.05, 3.63) is 70.8 Å². The zero-order valence-corrected chi connectivity index (χ0v) is 18.8. The van der Waals surface area contributed by atoms with Crippen LogP contribution in [0.2, 0.25) is 0 Å². The van der Waals surface area contributed by atoms with E-state index in [9.17, 15) is 14.4 Å². The van der Waals surface area contributed by atoms with Crippen molar-refractivity contribution in [1.29, 1.82) is 0 Å². The molecule has 0 spiro atoms. The van der Waals surface area contributed by atoms with Gasteiger partial charge >= 0.3 is 18.1 Å². The number of hydrogen-bond acceptors (Lipinski definition) is 9. The van der Waals surface area contributed by atoms with Crippen LogP contribution in [0.1, 0.15) is 59.5 Å². The smallest absolute Gasteiger partial charge is 0.398 e. The van der Waals surface area contributed by atoms with Crippen molar-refractivity contribution in [3.8, 4) is 0 Å². The molecular weight excluding hydrogens is 420 g/mol. The molecule has 9 nitrogen and oxygen atoms in total. The lowest BCUT2D eigenvalue weighted by Crippen LogP contribution is -2.38. The fourth-order valence-corrected chi connectivity index (χ4v) is 2.21.